The van der Waals surface area contributed by atoms with Gasteiger partial charge in [0.15, 0.2) is 5.06 Å². The lowest BCUT2D eigenvalue weighted by Gasteiger charge is -2.36. The summed E-state index contributed by atoms with van der Waals surface area (Å²) in [7, 11) is 0. The molecule has 2 atom stereocenters. The minimum absolute atomic E-state index is 0.00662. The Morgan fingerprint density at radius 1 is 1.19 bits per heavy atom. The number of thiophene rings is 1. The third kappa shape index (κ3) is 5.70. The molecule has 1 N–H and O–H groups in total. The molecule has 1 aromatic carbocycles. The van der Waals surface area contributed by atoms with Crippen molar-refractivity contribution >= 4 is 50.9 Å². The van der Waals surface area contributed by atoms with Crippen LogP contribution in [0.15, 0.2) is 58.6 Å². The van der Waals surface area contributed by atoms with Crippen LogP contribution in [0.25, 0.3) is 0 Å². The van der Waals surface area contributed by atoms with Gasteiger partial charge in [0.2, 0.25) is 5.91 Å². The molecule has 2 aliphatic heterocycles. The monoisotopic (exact) mass is 582 g/mol. The zero-order valence-corrected chi connectivity index (χ0v) is 22.8. The molecule has 0 aliphatic carbocycles. The summed E-state index contributed by atoms with van der Waals surface area (Å²) in [5.74, 6) is -0.0943. The molecule has 5 rings (SSSR count). The van der Waals surface area contributed by atoms with Gasteiger partial charge in [-0.3, -0.25) is 14.6 Å². The largest absolute Gasteiger partial charge is 0.413 e. The Bertz CT molecular complexity index is 1310. The second-order valence-electron chi connectivity index (χ2n) is 9.29. The third-order valence-electron chi connectivity index (χ3n) is 6.77. The standard InChI is InChI=1S/C27H27BrN4O4S/c1-17-13-20(32-16-19(14-24(32)33)30-27(35)36-25-10-9-23(28)37-25)7-8-21(17)26(34)31-12-3-2-6-22(31)18-5-4-11-29-15-18/h4-5,7-11,13,15,19,22H,2-3,6,12,14,16H2,1H3,(H,30,35). The van der Waals surface area contributed by atoms with Gasteiger partial charge in [0.25, 0.3) is 5.91 Å². The van der Waals surface area contributed by atoms with E-state index in [2.05, 4.69) is 26.2 Å². The second-order valence-corrected chi connectivity index (χ2v) is 11.7. The zero-order chi connectivity index (χ0) is 25.9. The lowest BCUT2D eigenvalue weighted by Crippen LogP contribution is -2.39. The molecule has 0 radical (unpaired) electrons. The maximum absolute atomic E-state index is 13.6. The maximum Gasteiger partial charge on any atom is 0.413 e. The fraction of sp³-hybridized carbons (Fsp3) is 0.333. The van der Waals surface area contributed by atoms with E-state index in [0.29, 0.717) is 29.4 Å². The highest BCUT2D eigenvalue weighted by Gasteiger charge is 2.33. The SMILES string of the molecule is Cc1cc(N2CC(NC(=O)Oc3ccc(Br)s3)CC2=O)ccc1C(=O)N1CCCCC1c1cccnc1. The predicted molar refractivity (Wildman–Crippen MR) is 145 cm³/mol. The number of pyridine rings is 1. The molecule has 2 aliphatic rings. The lowest BCUT2D eigenvalue weighted by atomic mass is 9.94. The number of halogens is 1. The van der Waals surface area contributed by atoms with Crippen LogP contribution in [0, 0.1) is 6.92 Å². The summed E-state index contributed by atoms with van der Waals surface area (Å²) in [6.45, 7) is 2.94. The van der Waals surface area contributed by atoms with Crippen molar-refractivity contribution in [2.45, 2.75) is 44.7 Å². The fourth-order valence-corrected chi connectivity index (χ4v) is 6.19. The van der Waals surface area contributed by atoms with Crippen LogP contribution in [0.5, 0.6) is 5.06 Å². The van der Waals surface area contributed by atoms with Crippen molar-refractivity contribution in [1.82, 2.24) is 15.2 Å². The number of piperidine rings is 1. The van der Waals surface area contributed by atoms with Gasteiger partial charge >= 0.3 is 6.09 Å². The summed E-state index contributed by atoms with van der Waals surface area (Å²) < 4.78 is 6.16. The van der Waals surface area contributed by atoms with Crippen LogP contribution >= 0.6 is 27.3 Å². The number of hydrogen-bond donors (Lipinski definition) is 1. The minimum Gasteiger partial charge on any atom is -0.399 e. The molecule has 0 spiro atoms. The van der Waals surface area contributed by atoms with Crippen LogP contribution in [0.1, 0.15) is 53.2 Å². The van der Waals surface area contributed by atoms with E-state index in [0.717, 1.165) is 34.2 Å². The highest BCUT2D eigenvalue weighted by molar-refractivity contribution is 9.11. The number of hydrogen-bond acceptors (Lipinski definition) is 6. The van der Waals surface area contributed by atoms with Gasteiger partial charge in [-0.1, -0.05) is 17.4 Å². The molecule has 2 unspecified atom stereocenters. The van der Waals surface area contributed by atoms with Gasteiger partial charge in [-0.05, 0) is 89.6 Å². The summed E-state index contributed by atoms with van der Waals surface area (Å²) in [6, 6.07) is 12.6. The Balaban J connectivity index is 1.26. The molecule has 37 heavy (non-hydrogen) atoms. The van der Waals surface area contributed by atoms with Gasteiger partial charge in [-0.15, -0.1) is 0 Å². The molecule has 2 aromatic heterocycles. The van der Waals surface area contributed by atoms with Crippen LogP contribution in [-0.2, 0) is 4.79 Å². The molecule has 2 fully saturated rings. The summed E-state index contributed by atoms with van der Waals surface area (Å²) in [4.78, 5) is 46.4. The van der Waals surface area contributed by atoms with Gasteiger partial charge in [0.05, 0.1) is 15.9 Å². The first-order chi connectivity index (χ1) is 17.9. The number of carbonyl (C=O) groups is 3. The summed E-state index contributed by atoms with van der Waals surface area (Å²) in [5.41, 5.74) is 3.20. The van der Waals surface area contributed by atoms with E-state index in [1.165, 1.54) is 11.3 Å². The van der Waals surface area contributed by atoms with E-state index >= 15 is 0 Å². The highest BCUT2D eigenvalue weighted by Crippen LogP contribution is 2.33. The normalized spacial score (nSPS) is 19.7. The number of nitrogens with one attached hydrogen (secondary N) is 1. The Morgan fingerprint density at radius 2 is 2.05 bits per heavy atom. The fourth-order valence-electron chi connectivity index (χ4n) is 5.00. The van der Waals surface area contributed by atoms with Gasteiger partial charge in [-0.25, -0.2) is 4.79 Å². The van der Waals surface area contributed by atoms with Gasteiger partial charge < -0.3 is 19.9 Å². The Kier molecular flexibility index (Phi) is 7.57. The number of amides is 3. The van der Waals surface area contributed by atoms with E-state index in [-0.39, 0.29) is 30.3 Å². The lowest BCUT2D eigenvalue weighted by molar-refractivity contribution is -0.117. The van der Waals surface area contributed by atoms with Gasteiger partial charge in [0, 0.05) is 43.2 Å². The van der Waals surface area contributed by atoms with Crippen molar-refractivity contribution in [1.29, 1.82) is 0 Å². The number of aromatic nitrogens is 1. The predicted octanol–water partition coefficient (Wildman–Crippen LogP) is 5.48. The van der Waals surface area contributed by atoms with Crippen LogP contribution in [0.2, 0.25) is 0 Å². The number of ether oxygens (including phenoxy) is 1. The van der Waals surface area contributed by atoms with Gasteiger partial charge in [-0.2, -0.15) is 0 Å². The molecule has 8 nitrogen and oxygen atoms in total. The molecule has 0 bridgehead atoms. The van der Waals surface area contributed by atoms with Crippen molar-refractivity contribution in [3.63, 3.8) is 0 Å². The molecule has 3 aromatic rings. The van der Waals surface area contributed by atoms with Crippen LogP contribution in [0.3, 0.4) is 0 Å². The average Bonchev–Trinajstić information content (AvgIpc) is 3.48. The number of anilines is 1. The second kappa shape index (κ2) is 11.0. The Morgan fingerprint density at radius 3 is 2.78 bits per heavy atom. The minimum atomic E-state index is -0.587. The molecule has 2 saturated heterocycles. The van der Waals surface area contributed by atoms with Crippen LogP contribution < -0.4 is 15.0 Å². The maximum atomic E-state index is 13.6. The molecule has 4 heterocycles. The number of benzene rings is 1. The van der Waals surface area contributed by atoms with E-state index < -0.39 is 6.09 Å². The molecule has 192 valence electrons. The van der Waals surface area contributed by atoms with E-state index in [1.807, 2.05) is 42.3 Å². The summed E-state index contributed by atoms with van der Waals surface area (Å²) in [5, 5.41) is 3.25. The topological polar surface area (TPSA) is 91.8 Å². The first kappa shape index (κ1) is 25.4. The van der Waals surface area contributed by atoms with Crippen molar-refractivity contribution in [2.24, 2.45) is 0 Å². The first-order valence-corrected chi connectivity index (χ1v) is 13.9. The van der Waals surface area contributed by atoms with Crippen molar-refractivity contribution < 1.29 is 19.1 Å². The molecule has 10 heteroatoms. The van der Waals surface area contributed by atoms with Crippen molar-refractivity contribution in [3.05, 3.63) is 75.3 Å². The number of rotatable bonds is 5. The van der Waals surface area contributed by atoms with Crippen LogP contribution in [0.4, 0.5) is 10.5 Å². The number of likely N-dealkylation sites (tertiary alicyclic amines) is 1. The zero-order valence-electron chi connectivity index (χ0n) is 20.4. The number of nitrogens with zero attached hydrogens (tertiary/aromatic N) is 3. The summed E-state index contributed by atoms with van der Waals surface area (Å²) in [6.07, 6.45) is 6.14. The Hall–Kier alpha value is -3.24. The smallest absolute Gasteiger partial charge is 0.399 e. The molecular formula is C27H27BrN4O4S. The summed E-state index contributed by atoms with van der Waals surface area (Å²) >= 11 is 4.65. The van der Waals surface area contributed by atoms with E-state index in [1.54, 1.807) is 29.3 Å². The quantitative estimate of drug-likeness (QED) is 0.430. The first-order valence-electron chi connectivity index (χ1n) is 12.2. The molecule has 3 amide bonds. The number of carbonyl (C=O) groups excluding carboxylic acids is 3. The van der Waals surface area contributed by atoms with Crippen molar-refractivity contribution in [2.75, 3.05) is 18.0 Å². The molecule has 0 saturated carbocycles. The third-order valence-corrected chi connectivity index (χ3v) is 8.28. The van der Waals surface area contributed by atoms with Crippen molar-refractivity contribution in [3.8, 4) is 5.06 Å². The number of aryl methyl sites for hydroxylation is 1. The van der Waals surface area contributed by atoms with Gasteiger partial charge in [0.1, 0.15) is 0 Å². The van der Waals surface area contributed by atoms with E-state index in [9.17, 15) is 14.4 Å². The highest BCUT2D eigenvalue weighted by atomic mass is 79.9. The van der Waals surface area contributed by atoms with Crippen LogP contribution in [-0.4, -0.2) is 46.9 Å². The Labute approximate surface area is 227 Å². The molecular weight excluding hydrogens is 556 g/mol. The average molecular weight is 584 g/mol. The van der Waals surface area contributed by atoms with E-state index in [4.69, 9.17) is 4.74 Å².